The number of piperazine rings is 1. The highest BCUT2D eigenvalue weighted by Crippen LogP contribution is 2.26. The average molecular weight is 329 g/mol. The fourth-order valence-electron chi connectivity index (χ4n) is 3.51. The first-order valence-corrected chi connectivity index (χ1v) is 8.87. The van der Waals surface area contributed by atoms with E-state index >= 15 is 0 Å². The van der Waals surface area contributed by atoms with Crippen molar-refractivity contribution in [2.75, 3.05) is 32.8 Å². The number of imide groups is 1. The first-order chi connectivity index (χ1) is 11.5. The van der Waals surface area contributed by atoms with Crippen LogP contribution in [0.4, 0.5) is 0 Å². The molecule has 2 amide bonds. The van der Waals surface area contributed by atoms with Crippen molar-refractivity contribution in [3.63, 3.8) is 0 Å². The number of rotatable bonds is 5. The molecule has 0 aliphatic carbocycles. The van der Waals surface area contributed by atoms with Crippen LogP contribution in [0.5, 0.6) is 0 Å². The highest BCUT2D eigenvalue weighted by atomic mass is 16.2. The molecule has 2 fully saturated rings. The lowest BCUT2D eigenvalue weighted by Gasteiger charge is -2.36. The molecule has 1 aromatic rings. The van der Waals surface area contributed by atoms with Crippen molar-refractivity contribution in [1.29, 1.82) is 0 Å². The first-order valence-electron chi connectivity index (χ1n) is 8.87. The Labute approximate surface area is 144 Å². The zero-order valence-corrected chi connectivity index (χ0v) is 14.6. The van der Waals surface area contributed by atoms with Gasteiger partial charge in [-0.1, -0.05) is 44.2 Å². The van der Waals surface area contributed by atoms with Gasteiger partial charge in [-0.3, -0.25) is 24.3 Å². The summed E-state index contributed by atoms with van der Waals surface area (Å²) in [5.41, 5.74) is 1.33. The molecule has 0 aromatic heterocycles. The van der Waals surface area contributed by atoms with Gasteiger partial charge in [-0.25, -0.2) is 0 Å². The van der Waals surface area contributed by atoms with Crippen molar-refractivity contribution >= 4 is 11.8 Å². The Morgan fingerprint density at radius 3 is 2.21 bits per heavy atom. The molecule has 0 radical (unpaired) electrons. The molecule has 24 heavy (non-hydrogen) atoms. The quantitative estimate of drug-likeness (QED) is 0.773. The van der Waals surface area contributed by atoms with Crippen LogP contribution in [0.3, 0.4) is 0 Å². The predicted octanol–water partition coefficient (Wildman–Crippen LogP) is 1.79. The van der Waals surface area contributed by atoms with Gasteiger partial charge in [0.2, 0.25) is 11.8 Å². The molecule has 1 atom stereocenters. The Morgan fingerprint density at radius 2 is 1.62 bits per heavy atom. The number of carbonyl (C=O) groups excluding carboxylic acids is 2. The van der Waals surface area contributed by atoms with Crippen LogP contribution in [0.25, 0.3) is 0 Å². The summed E-state index contributed by atoms with van der Waals surface area (Å²) >= 11 is 0. The molecule has 0 saturated carbocycles. The molecule has 0 bridgehead atoms. The number of likely N-dealkylation sites (tertiary alicyclic amines) is 1. The fraction of sp³-hybridized carbons (Fsp3) is 0.579. The molecule has 3 rings (SSSR count). The van der Waals surface area contributed by atoms with Gasteiger partial charge in [0.05, 0.1) is 6.67 Å². The third-order valence-electron chi connectivity index (χ3n) is 5.14. The Balaban J connectivity index is 1.49. The first kappa shape index (κ1) is 17.1. The van der Waals surface area contributed by atoms with Crippen LogP contribution in [0.15, 0.2) is 30.3 Å². The van der Waals surface area contributed by atoms with Gasteiger partial charge in [0.25, 0.3) is 0 Å². The van der Waals surface area contributed by atoms with Crippen LogP contribution in [0.1, 0.15) is 25.8 Å². The van der Waals surface area contributed by atoms with E-state index in [9.17, 15) is 9.59 Å². The molecule has 1 unspecified atom stereocenters. The van der Waals surface area contributed by atoms with Gasteiger partial charge in [0.15, 0.2) is 0 Å². The molecule has 2 aliphatic rings. The zero-order chi connectivity index (χ0) is 17.1. The van der Waals surface area contributed by atoms with Crippen molar-refractivity contribution in [2.45, 2.75) is 26.8 Å². The van der Waals surface area contributed by atoms with Crippen molar-refractivity contribution in [3.8, 4) is 0 Å². The monoisotopic (exact) mass is 329 g/mol. The lowest BCUT2D eigenvalue weighted by atomic mass is 9.94. The van der Waals surface area contributed by atoms with Crippen molar-refractivity contribution in [3.05, 3.63) is 35.9 Å². The summed E-state index contributed by atoms with van der Waals surface area (Å²) in [5.74, 6) is 0.109. The van der Waals surface area contributed by atoms with Gasteiger partial charge < -0.3 is 0 Å². The zero-order valence-electron chi connectivity index (χ0n) is 14.6. The normalized spacial score (nSPS) is 23.5. The fourth-order valence-corrected chi connectivity index (χ4v) is 3.51. The molecule has 2 heterocycles. The Hall–Kier alpha value is -1.72. The minimum absolute atomic E-state index is 0.00887. The third kappa shape index (κ3) is 3.84. The molecule has 0 spiro atoms. The molecule has 1 aromatic carbocycles. The van der Waals surface area contributed by atoms with Crippen LogP contribution < -0.4 is 0 Å². The standard InChI is InChI=1S/C19H27N3O2/c1-15(2)17-12-18(23)22(19(17)24)14-21-10-8-20(9-11-21)13-16-6-4-3-5-7-16/h3-7,15,17H,8-14H2,1-2H3. The molecular weight excluding hydrogens is 302 g/mol. The van der Waals surface area contributed by atoms with Crippen LogP contribution in [0, 0.1) is 11.8 Å². The van der Waals surface area contributed by atoms with Crippen LogP contribution in [0.2, 0.25) is 0 Å². The number of carbonyl (C=O) groups is 2. The maximum absolute atomic E-state index is 12.4. The molecule has 2 saturated heterocycles. The van der Waals surface area contributed by atoms with Crippen molar-refractivity contribution in [2.24, 2.45) is 11.8 Å². The second kappa shape index (κ2) is 7.45. The van der Waals surface area contributed by atoms with Gasteiger partial charge >= 0.3 is 0 Å². The predicted molar refractivity (Wildman–Crippen MR) is 93.0 cm³/mol. The number of nitrogens with zero attached hydrogens (tertiary/aromatic N) is 3. The second-order valence-corrected chi connectivity index (χ2v) is 7.24. The summed E-state index contributed by atoms with van der Waals surface area (Å²) in [6.07, 6.45) is 0.379. The maximum Gasteiger partial charge on any atom is 0.234 e. The SMILES string of the molecule is CC(C)C1CC(=O)N(CN2CCN(Cc3ccccc3)CC2)C1=O. The number of hydrogen-bond donors (Lipinski definition) is 0. The number of hydrogen-bond acceptors (Lipinski definition) is 4. The second-order valence-electron chi connectivity index (χ2n) is 7.24. The Kier molecular flexibility index (Phi) is 5.31. The molecule has 0 N–H and O–H groups in total. The summed E-state index contributed by atoms with van der Waals surface area (Å²) in [6.45, 7) is 9.19. The summed E-state index contributed by atoms with van der Waals surface area (Å²) in [4.78, 5) is 30.7. The van der Waals surface area contributed by atoms with Crippen molar-refractivity contribution < 1.29 is 9.59 Å². The Morgan fingerprint density at radius 1 is 1.00 bits per heavy atom. The molecule has 5 heteroatoms. The van der Waals surface area contributed by atoms with E-state index in [0.29, 0.717) is 13.1 Å². The smallest absolute Gasteiger partial charge is 0.234 e. The lowest BCUT2D eigenvalue weighted by Crippen LogP contribution is -2.50. The summed E-state index contributed by atoms with van der Waals surface area (Å²) in [5, 5.41) is 0. The van der Waals surface area contributed by atoms with Gasteiger partial charge in [-0.05, 0) is 11.5 Å². The minimum Gasteiger partial charge on any atom is -0.297 e. The summed E-state index contributed by atoms with van der Waals surface area (Å²) in [6, 6.07) is 10.5. The van der Waals surface area contributed by atoms with E-state index in [4.69, 9.17) is 0 Å². The van der Waals surface area contributed by atoms with Crippen molar-refractivity contribution in [1.82, 2.24) is 14.7 Å². The maximum atomic E-state index is 12.4. The van der Waals surface area contributed by atoms with Crippen LogP contribution in [-0.4, -0.2) is 59.4 Å². The van der Waals surface area contributed by atoms with Crippen LogP contribution >= 0.6 is 0 Å². The lowest BCUT2D eigenvalue weighted by molar-refractivity contribution is -0.142. The average Bonchev–Trinajstić information content (AvgIpc) is 2.86. The highest BCUT2D eigenvalue weighted by molar-refractivity contribution is 6.03. The highest BCUT2D eigenvalue weighted by Gasteiger charge is 2.40. The molecule has 2 aliphatic heterocycles. The largest absolute Gasteiger partial charge is 0.297 e. The van der Waals surface area contributed by atoms with E-state index in [1.54, 1.807) is 0 Å². The molecular formula is C19H27N3O2. The van der Waals surface area contributed by atoms with E-state index in [0.717, 1.165) is 32.7 Å². The van der Waals surface area contributed by atoms with Gasteiger partial charge in [-0.2, -0.15) is 0 Å². The summed E-state index contributed by atoms with van der Waals surface area (Å²) < 4.78 is 0. The number of amides is 2. The van der Waals surface area contributed by atoms with E-state index in [1.165, 1.54) is 10.5 Å². The van der Waals surface area contributed by atoms with Gasteiger partial charge in [0.1, 0.15) is 0 Å². The minimum atomic E-state index is -0.128. The Bertz CT molecular complexity index is 580. The number of benzene rings is 1. The topological polar surface area (TPSA) is 43.9 Å². The molecule has 5 nitrogen and oxygen atoms in total. The third-order valence-corrected chi connectivity index (χ3v) is 5.14. The molecule has 130 valence electrons. The van der Waals surface area contributed by atoms with E-state index in [-0.39, 0.29) is 23.7 Å². The van der Waals surface area contributed by atoms with Gasteiger partial charge in [0, 0.05) is 45.1 Å². The van der Waals surface area contributed by atoms with E-state index in [1.807, 2.05) is 19.9 Å². The van der Waals surface area contributed by atoms with E-state index < -0.39 is 0 Å². The van der Waals surface area contributed by atoms with E-state index in [2.05, 4.69) is 34.1 Å². The van der Waals surface area contributed by atoms with Gasteiger partial charge in [-0.15, -0.1) is 0 Å². The van der Waals surface area contributed by atoms with Crippen LogP contribution in [-0.2, 0) is 16.1 Å². The summed E-state index contributed by atoms with van der Waals surface area (Å²) in [7, 11) is 0.